The van der Waals surface area contributed by atoms with E-state index in [9.17, 15) is 5.11 Å². The monoisotopic (exact) mass is 350 g/mol. The second-order valence-corrected chi connectivity index (χ2v) is 7.00. The van der Waals surface area contributed by atoms with Crippen molar-refractivity contribution in [2.75, 3.05) is 39.3 Å². The van der Waals surface area contributed by atoms with Crippen molar-refractivity contribution < 1.29 is 5.11 Å². The summed E-state index contributed by atoms with van der Waals surface area (Å²) in [5, 5.41) is 10.5. The predicted molar refractivity (Wildman–Crippen MR) is 104 cm³/mol. The Labute approximate surface area is 154 Å². The second kappa shape index (κ2) is 7.58. The van der Waals surface area contributed by atoms with Crippen molar-refractivity contribution in [2.24, 2.45) is 0 Å². The molecule has 0 spiro atoms. The number of nitrogens with one attached hydrogen (secondary N) is 1. The van der Waals surface area contributed by atoms with Gasteiger partial charge in [-0.3, -0.25) is 14.8 Å². The number of para-hydroxylation sites is 1. The summed E-state index contributed by atoms with van der Waals surface area (Å²) in [6, 6.07) is 12.9. The van der Waals surface area contributed by atoms with Crippen molar-refractivity contribution in [3.05, 3.63) is 65.6 Å². The summed E-state index contributed by atoms with van der Waals surface area (Å²) in [6.45, 7) is 7.10. The Bertz CT molecular complexity index is 853. The first-order valence-electron chi connectivity index (χ1n) is 9.32. The smallest absolute Gasteiger partial charge is 0.0641 e. The van der Waals surface area contributed by atoms with Crippen LogP contribution < -0.4 is 0 Å². The fourth-order valence-electron chi connectivity index (χ4n) is 4.14. The van der Waals surface area contributed by atoms with Gasteiger partial charge in [0.15, 0.2) is 0 Å². The summed E-state index contributed by atoms with van der Waals surface area (Å²) < 4.78 is 0. The van der Waals surface area contributed by atoms with Gasteiger partial charge in [-0.25, -0.2) is 0 Å². The Balaban J connectivity index is 1.74. The van der Waals surface area contributed by atoms with Gasteiger partial charge < -0.3 is 10.1 Å². The zero-order valence-corrected chi connectivity index (χ0v) is 15.2. The first kappa shape index (κ1) is 17.2. The van der Waals surface area contributed by atoms with Gasteiger partial charge >= 0.3 is 0 Å². The molecule has 3 heterocycles. The number of β-amino-alcohol motifs (C(OH)–C–C–N with tert-alkyl or cyclic N) is 1. The van der Waals surface area contributed by atoms with E-state index in [1.54, 1.807) is 0 Å². The number of hydrogen-bond acceptors (Lipinski definition) is 4. The van der Waals surface area contributed by atoms with E-state index in [2.05, 4.69) is 57.0 Å². The zero-order chi connectivity index (χ0) is 17.9. The number of aromatic nitrogens is 2. The lowest BCUT2D eigenvalue weighted by Gasteiger charge is -2.39. The van der Waals surface area contributed by atoms with Gasteiger partial charge in [-0.2, -0.15) is 0 Å². The molecule has 0 amide bonds. The molecular weight excluding hydrogens is 324 g/mol. The summed E-state index contributed by atoms with van der Waals surface area (Å²) in [7, 11) is 0. The second-order valence-electron chi connectivity index (χ2n) is 7.00. The molecule has 1 saturated heterocycles. The highest BCUT2D eigenvalue weighted by atomic mass is 16.3. The van der Waals surface area contributed by atoms with Crippen LogP contribution >= 0.6 is 0 Å². The quantitative estimate of drug-likeness (QED) is 0.743. The van der Waals surface area contributed by atoms with Crippen LogP contribution in [0.1, 0.15) is 22.9 Å². The molecule has 5 heteroatoms. The Morgan fingerprint density at radius 3 is 2.65 bits per heavy atom. The molecule has 0 radical (unpaired) electrons. The van der Waals surface area contributed by atoms with Crippen molar-refractivity contribution in [2.45, 2.75) is 13.0 Å². The lowest BCUT2D eigenvalue weighted by Crippen LogP contribution is -2.48. The molecule has 1 aliphatic rings. The van der Waals surface area contributed by atoms with Gasteiger partial charge in [0.1, 0.15) is 0 Å². The molecule has 1 aromatic carbocycles. The highest BCUT2D eigenvalue weighted by Crippen LogP contribution is 2.36. The van der Waals surface area contributed by atoms with Crippen molar-refractivity contribution in [3.8, 4) is 0 Å². The fraction of sp³-hybridized carbons (Fsp3) is 0.381. The number of nitrogens with zero attached hydrogens (tertiary/aromatic N) is 3. The van der Waals surface area contributed by atoms with Crippen LogP contribution in [0.5, 0.6) is 0 Å². The summed E-state index contributed by atoms with van der Waals surface area (Å²) in [5.41, 5.74) is 4.99. The lowest BCUT2D eigenvalue weighted by atomic mass is 9.95. The molecule has 136 valence electrons. The Hall–Kier alpha value is -2.21. The molecule has 4 rings (SSSR count). The number of benzene rings is 1. The molecule has 0 bridgehead atoms. The number of fused-ring (bicyclic) bond motifs is 1. The maximum atomic E-state index is 9.21. The minimum Gasteiger partial charge on any atom is -0.395 e. The van der Waals surface area contributed by atoms with Crippen molar-refractivity contribution in [3.63, 3.8) is 0 Å². The van der Waals surface area contributed by atoms with E-state index in [4.69, 9.17) is 0 Å². The maximum absolute atomic E-state index is 9.21. The van der Waals surface area contributed by atoms with Crippen LogP contribution in [0.2, 0.25) is 0 Å². The number of pyridine rings is 1. The molecular formula is C21H26N4O. The normalized spacial score (nSPS) is 17.6. The zero-order valence-electron chi connectivity index (χ0n) is 15.2. The van der Waals surface area contributed by atoms with E-state index in [0.717, 1.165) is 32.7 Å². The Morgan fingerprint density at radius 1 is 1.12 bits per heavy atom. The number of piperazine rings is 1. The van der Waals surface area contributed by atoms with Crippen LogP contribution in [-0.2, 0) is 0 Å². The van der Waals surface area contributed by atoms with Crippen LogP contribution in [-0.4, -0.2) is 64.2 Å². The van der Waals surface area contributed by atoms with Gasteiger partial charge in [0.05, 0.1) is 12.6 Å². The summed E-state index contributed by atoms with van der Waals surface area (Å²) in [4.78, 5) is 12.8. The number of aliphatic hydroxyl groups is 1. The van der Waals surface area contributed by atoms with Gasteiger partial charge in [-0.05, 0) is 24.6 Å². The van der Waals surface area contributed by atoms with Gasteiger partial charge in [0, 0.05) is 67.3 Å². The Morgan fingerprint density at radius 2 is 1.92 bits per heavy atom. The predicted octanol–water partition coefficient (Wildman–Crippen LogP) is 2.57. The highest BCUT2D eigenvalue weighted by Gasteiger charge is 2.29. The van der Waals surface area contributed by atoms with Crippen LogP contribution in [0.25, 0.3) is 10.9 Å². The molecule has 5 nitrogen and oxygen atoms in total. The third kappa shape index (κ3) is 3.26. The first-order chi connectivity index (χ1) is 12.8. The molecule has 26 heavy (non-hydrogen) atoms. The molecule has 1 fully saturated rings. The average Bonchev–Trinajstić information content (AvgIpc) is 3.01. The van der Waals surface area contributed by atoms with E-state index in [1.165, 1.54) is 27.7 Å². The highest BCUT2D eigenvalue weighted by molar-refractivity contribution is 5.85. The minimum absolute atomic E-state index is 0.191. The SMILES string of the molecule is Cc1[nH]c2ccccc2c1C(c1cccnc1)N1CCN(CCO)CC1. The van der Waals surface area contributed by atoms with Crippen molar-refractivity contribution in [1.82, 2.24) is 19.8 Å². The third-order valence-corrected chi connectivity index (χ3v) is 5.41. The number of hydrogen-bond donors (Lipinski definition) is 2. The van der Waals surface area contributed by atoms with Crippen molar-refractivity contribution in [1.29, 1.82) is 0 Å². The van der Waals surface area contributed by atoms with Gasteiger partial charge in [0.25, 0.3) is 0 Å². The molecule has 0 aliphatic carbocycles. The number of aliphatic hydroxyl groups excluding tert-OH is 1. The van der Waals surface area contributed by atoms with E-state index < -0.39 is 0 Å². The summed E-state index contributed by atoms with van der Waals surface area (Å²) >= 11 is 0. The van der Waals surface area contributed by atoms with Crippen LogP contribution in [0.4, 0.5) is 0 Å². The molecule has 0 saturated carbocycles. The average molecular weight is 350 g/mol. The van der Waals surface area contributed by atoms with Gasteiger partial charge in [-0.15, -0.1) is 0 Å². The van der Waals surface area contributed by atoms with Crippen LogP contribution in [0.3, 0.4) is 0 Å². The lowest BCUT2D eigenvalue weighted by molar-refractivity contribution is 0.0946. The molecule has 1 aliphatic heterocycles. The van der Waals surface area contributed by atoms with E-state index in [-0.39, 0.29) is 12.6 Å². The standard InChI is InChI=1S/C21H26N4O/c1-16-20(18-6-2-3-7-19(18)23-16)21(17-5-4-8-22-15-17)25-11-9-24(10-12-25)13-14-26/h2-8,15,21,23,26H,9-14H2,1H3. The number of aromatic amines is 1. The van der Waals surface area contributed by atoms with Gasteiger partial charge in [0.2, 0.25) is 0 Å². The van der Waals surface area contributed by atoms with E-state index >= 15 is 0 Å². The first-order valence-corrected chi connectivity index (χ1v) is 9.32. The molecule has 3 aromatic rings. The van der Waals surface area contributed by atoms with E-state index in [0.29, 0.717) is 0 Å². The molecule has 2 N–H and O–H groups in total. The fourth-order valence-corrected chi connectivity index (χ4v) is 4.14. The number of rotatable bonds is 5. The van der Waals surface area contributed by atoms with Crippen LogP contribution in [0, 0.1) is 6.92 Å². The molecule has 2 aromatic heterocycles. The number of aryl methyl sites for hydroxylation is 1. The van der Waals surface area contributed by atoms with E-state index in [1.807, 2.05) is 18.5 Å². The molecule has 1 atom stereocenters. The molecule has 1 unspecified atom stereocenters. The summed E-state index contributed by atoms with van der Waals surface area (Å²) in [5.74, 6) is 0. The van der Waals surface area contributed by atoms with Crippen molar-refractivity contribution >= 4 is 10.9 Å². The topological polar surface area (TPSA) is 55.4 Å². The Kier molecular flexibility index (Phi) is 5.02. The number of H-pyrrole nitrogens is 1. The third-order valence-electron chi connectivity index (χ3n) is 5.41. The maximum Gasteiger partial charge on any atom is 0.0641 e. The van der Waals surface area contributed by atoms with Gasteiger partial charge in [-0.1, -0.05) is 24.3 Å². The summed E-state index contributed by atoms with van der Waals surface area (Å²) in [6.07, 6.45) is 3.83. The minimum atomic E-state index is 0.191. The van der Waals surface area contributed by atoms with Crippen LogP contribution in [0.15, 0.2) is 48.8 Å². The largest absolute Gasteiger partial charge is 0.395 e.